The number of nitrogens with two attached hydrogens (primary N) is 1. The van der Waals surface area contributed by atoms with Crippen molar-refractivity contribution in [2.75, 3.05) is 7.11 Å². The summed E-state index contributed by atoms with van der Waals surface area (Å²) in [5, 5.41) is 0. The molecule has 1 heterocycles. The van der Waals surface area contributed by atoms with Gasteiger partial charge in [0.1, 0.15) is 18.0 Å². The standard InChI is InChI=1S/C13H13F2N3O/c1-19-13-6-12(17-7-18-13)11(16)4-8-2-9(14)5-10(15)3-8/h2-3,5-7,11H,4,16H2,1H3. The van der Waals surface area contributed by atoms with Gasteiger partial charge in [-0.05, 0) is 24.1 Å². The monoisotopic (exact) mass is 265 g/mol. The summed E-state index contributed by atoms with van der Waals surface area (Å²) in [6.07, 6.45) is 1.61. The molecule has 0 saturated heterocycles. The molecule has 2 N–H and O–H groups in total. The van der Waals surface area contributed by atoms with Gasteiger partial charge in [-0.3, -0.25) is 0 Å². The van der Waals surface area contributed by atoms with E-state index in [2.05, 4.69) is 9.97 Å². The van der Waals surface area contributed by atoms with Crippen LogP contribution >= 0.6 is 0 Å². The van der Waals surface area contributed by atoms with Gasteiger partial charge >= 0.3 is 0 Å². The molecule has 2 rings (SSSR count). The highest BCUT2D eigenvalue weighted by molar-refractivity contribution is 5.22. The fraction of sp³-hybridized carbons (Fsp3) is 0.231. The number of rotatable bonds is 4. The number of hydrogen-bond acceptors (Lipinski definition) is 4. The fourth-order valence-corrected chi connectivity index (χ4v) is 1.76. The van der Waals surface area contributed by atoms with Crippen molar-refractivity contribution in [1.82, 2.24) is 9.97 Å². The number of ether oxygens (including phenoxy) is 1. The zero-order valence-electron chi connectivity index (χ0n) is 10.3. The molecule has 0 radical (unpaired) electrons. The number of halogens is 2. The van der Waals surface area contributed by atoms with E-state index in [1.807, 2.05) is 0 Å². The van der Waals surface area contributed by atoms with E-state index in [9.17, 15) is 8.78 Å². The lowest BCUT2D eigenvalue weighted by Crippen LogP contribution is -2.15. The molecule has 4 nitrogen and oxygen atoms in total. The second-order valence-corrected chi connectivity index (χ2v) is 4.07. The van der Waals surface area contributed by atoms with E-state index in [-0.39, 0.29) is 6.42 Å². The van der Waals surface area contributed by atoms with Gasteiger partial charge in [0.2, 0.25) is 5.88 Å². The zero-order chi connectivity index (χ0) is 13.8. The van der Waals surface area contributed by atoms with Gasteiger partial charge in [0, 0.05) is 12.1 Å². The van der Waals surface area contributed by atoms with E-state index in [4.69, 9.17) is 10.5 Å². The van der Waals surface area contributed by atoms with E-state index in [1.165, 1.54) is 25.6 Å². The Labute approximate surface area is 109 Å². The first-order valence-corrected chi connectivity index (χ1v) is 5.65. The third-order valence-electron chi connectivity index (χ3n) is 2.63. The predicted molar refractivity (Wildman–Crippen MR) is 65.6 cm³/mol. The van der Waals surface area contributed by atoms with Crippen LogP contribution < -0.4 is 10.5 Å². The van der Waals surface area contributed by atoms with E-state index >= 15 is 0 Å². The lowest BCUT2D eigenvalue weighted by atomic mass is 10.0. The minimum Gasteiger partial charge on any atom is -0.481 e. The van der Waals surface area contributed by atoms with Gasteiger partial charge in [0.05, 0.1) is 18.8 Å². The lowest BCUT2D eigenvalue weighted by molar-refractivity contribution is 0.395. The van der Waals surface area contributed by atoms with Crippen LogP contribution in [0.5, 0.6) is 5.88 Å². The fourth-order valence-electron chi connectivity index (χ4n) is 1.76. The molecule has 0 bridgehead atoms. The van der Waals surface area contributed by atoms with Crippen LogP contribution in [-0.2, 0) is 6.42 Å². The molecule has 1 aromatic carbocycles. The topological polar surface area (TPSA) is 61.0 Å². The maximum Gasteiger partial charge on any atom is 0.216 e. The maximum absolute atomic E-state index is 13.1. The quantitative estimate of drug-likeness (QED) is 0.918. The Hall–Kier alpha value is -2.08. The van der Waals surface area contributed by atoms with Crippen LogP contribution in [0.4, 0.5) is 8.78 Å². The second-order valence-electron chi connectivity index (χ2n) is 4.07. The average molecular weight is 265 g/mol. The number of hydrogen-bond donors (Lipinski definition) is 1. The van der Waals surface area contributed by atoms with Gasteiger partial charge in [0.15, 0.2) is 0 Å². The van der Waals surface area contributed by atoms with Gasteiger partial charge in [-0.1, -0.05) is 0 Å². The molecule has 0 spiro atoms. The minimum atomic E-state index is -0.623. The van der Waals surface area contributed by atoms with Crippen molar-refractivity contribution >= 4 is 0 Å². The highest BCUT2D eigenvalue weighted by atomic mass is 19.1. The molecule has 6 heteroatoms. The van der Waals surface area contributed by atoms with Crippen LogP contribution in [0.1, 0.15) is 17.3 Å². The summed E-state index contributed by atoms with van der Waals surface area (Å²) in [6, 6.07) is 4.43. The van der Waals surface area contributed by atoms with Crippen molar-refractivity contribution in [3.8, 4) is 5.88 Å². The summed E-state index contributed by atoms with van der Waals surface area (Å²) in [4.78, 5) is 7.89. The third kappa shape index (κ3) is 3.45. The number of benzene rings is 1. The Kier molecular flexibility index (Phi) is 4.01. The van der Waals surface area contributed by atoms with Crippen molar-refractivity contribution in [3.05, 3.63) is 53.5 Å². The normalized spacial score (nSPS) is 12.2. The van der Waals surface area contributed by atoms with Crippen molar-refractivity contribution in [3.63, 3.8) is 0 Å². The minimum absolute atomic E-state index is 0.273. The first-order chi connectivity index (χ1) is 9.08. The van der Waals surface area contributed by atoms with Gasteiger partial charge in [-0.2, -0.15) is 0 Å². The molecule has 1 atom stereocenters. The Morgan fingerprint density at radius 2 is 1.84 bits per heavy atom. The third-order valence-corrected chi connectivity index (χ3v) is 2.63. The molecule has 0 saturated carbocycles. The Bertz CT molecular complexity index is 557. The highest BCUT2D eigenvalue weighted by Crippen LogP contribution is 2.18. The first kappa shape index (κ1) is 13.4. The van der Waals surface area contributed by atoms with E-state index in [0.29, 0.717) is 17.1 Å². The van der Waals surface area contributed by atoms with Crippen molar-refractivity contribution < 1.29 is 13.5 Å². The summed E-state index contributed by atoms with van der Waals surface area (Å²) < 4.78 is 31.1. The first-order valence-electron chi connectivity index (χ1n) is 5.65. The number of aromatic nitrogens is 2. The molecule has 1 aromatic heterocycles. The summed E-state index contributed by atoms with van der Waals surface area (Å²) in [5.41, 5.74) is 6.99. The number of nitrogens with zero attached hydrogens (tertiary/aromatic N) is 2. The predicted octanol–water partition coefficient (Wildman–Crippen LogP) is 2.01. The van der Waals surface area contributed by atoms with Gasteiger partial charge in [-0.15, -0.1) is 0 Å². The Balaban J connectivity index is 2.17. The van der Waals surface area contributed by atoms with Crippen LogP contribution in [0.2, 0.25) is 0 Å². The van der Waals surface area contributed by atoms with E-state index in [0.717, 1.165) is 6.07 Å². The zero-order valence-corrected chi connectivity index (χ0v) is 10.3. The Morgan fingerprint density at radius 3 is 2.47 bits per heavy atom. The molecular formula is C13H13F2N3O. The summed E-state index contributed by atoms with van der Waals surface area (Å²) in [5.74, 6) is -0.851. The Morgan fingerprint density at radius 1 is 1.16 bits per heavy atom. The van der Waals surface area contributed by atoms with E-state index < -0.39 is 17.7 Å². The van der Waals surface area contributed by atoms with Crippen LogP contribution in [0, 0.1) is 11.6 Å². The van der Waals surface area contributed by atoms with Crippen LogP contribution in [0.15, 0.2) is 30.6 Å². The average Bonchev–Trinajstić information content (AvgIpc) is 2.37. The maximum atomic E-state index is 13.1. The molecule has 19 heavy (non-hydrogen) atoms. The number of methoxy groups -OCH3 is 1. The molecule has 100 valence electrons. The smallest absolute Gasteiger partial charge is 0.216 e. The van der Waals surface area contributed by atoms with Gasteiger partial charge in [-0.25, -0.2) is 18.7 Å². The van der Waals surface area contributed by atoms with Crippen molar-refractivity contribution in [2.24, 2.45) is 5.73 Å². The van der Waals surface area contributed by atoms with Gasteiger partial charge < -0.3 is 10.5 Å². The van der Waals surface area contributed by atoms with Gasteiger partial charge in [0.25, 0.3) is 0 Å². The summed E-state index contributed by atoms with van der Waals surface area (Å²) >= 11 is 0. The highest BCUT2D eigenvalue weighted by Gasteiger charge is 2.11. The molecule has 0 aliphatic rings. The van der Waals surface area contributed by atoms with Crippen LogP contribution in [-0.4, -0.2) is 17.1 Å². The summed E-state index contributed by atoms with van der Waals surface area (Å²) in [6.45, 7) is 0. The summed E-state index contributed by atoms with van der Waals surface area (Å²) in [7, 11) is 1.49. The molecule has 0 aliphatic carbocycles. The molecule has 0 amide bonds. The van der Waals surface area contributed by atoms with Crippen LogP contribution in [0.3, 0.4) is 0 Å². The van der Waals surface area contributed by atoms with Crippen molar-refractivity contribution in [2.45, 2.75) is 12.5 Å². The molecule has 1 unspecified atom stereocenters. The SMILES string of the molecule is COc1cc(C(N)Cc2cc(F)cc(F)c2)ncn1. The molecule has 0 fully saturated rings. The van der Waals surface area contributed by atoms with Crippen molar-refractivity contribution in [1.29, 1.82) is 0 Å². The molecular weight excluding hydrogens is 252 g/mol. The lowest BCUT2D eigenvalue weighted by Gasteiger charge is -2.11. The molecule has 2 aromatic rings. The second kappa shape index (κ2) is 5.71. The van der Waals surface area contributed by atoms with E-state index in [1.54, 1.807) is 6.07 Å². The molecule has 0 aliphatic heterocycles. The van der Waals surface area contributed by atoms with Crippen LogP contribution in [0.25, 0.3) is 0 Å². The largest absolute Gasteiger partial charge is 0.481 e.